The topological polar surface area (TPSA) is 8.17 Å². The minimum absolute atomic E-state index is 0.00355. The summed E-state index contributed by atoms with van der Waals surface area (Å²) in [7, 11) is 0. The van der Waals surface area contributed by atoms with Crippen LogP contribution in [0.1, 0.15) is 16.7 Å². The van der Waals surface area contributed by atoms with Gasteiger partial charge in [-0.05, 0) is 77.2 Å². The van der Waals surface area contributed by atoms with Crippen molar-refractivity contribution in [1.82, 2.24) is 4.57 Å². The van der Waals surface area contributed by atoms with Gasteiger partial charge in [0.15, 0.2) is 0 Å². The van der Waals surface area contributed by atoms with Crippen LogP contribution < -0.4 is 15.7 Å². The fraction of sp³-hybridized carbons (Fsp3) is 0.0638. The summed E-state index contributed by atoms with van der Waals surface area (Å²) >= 11 is 1.96. The van der Waals surface area contributed by atoms with Crippen LogP contribution in [0.5, 0.6) is 0 Å². The van der Waals surface area contributed by atoms with Crippen molar-refractivity contribution < 1.29 is 0 Å². The smallest absolute Gasteiger partial charge is 0.333 e. The molecule has 0 saturated heterocycles. The van der Waals surface area contributed by atoms with Gasteiger partial charge >= 0.3 is 6.85 Å². The molecule has 2 nitrogen and oxygen atoms in total. The molecule has 10 aromatic rings. The van der Waals surface area contributed by atoms with Gasteiger partial charge in [0.1, 0.15) is 0 Å². The van der Waals surface area contributed by atoms with Crippen LogP contribution >= 0.6 is 11.3 Å². The second-order valence-electron chi connectivity index (χ2n) is 14.7. The molecule has 2 aliphatic heterocycles. The first-order valence-electron chi connectivity index (χ1n) is 17.9. The van der Waals surface area contributed by atoms with Crippen LogP contribution in [0.25, 0.3) is 80.3 Å². The number of aromatic nitrogens is 1. The lowest BCUT2D eigenvalue weighted by atomic mass is 9.43. The van der Waals surface area contributed by atoms with E-state index in [0.29, 0.717) is 0 Å². The Bertz CT molecular complexity index is 3180. The molecule has 0 aliphatic carbocycles. The van der Waals surface area contributed by atoms with Gasteiger partial charge in [-0.25, -0.2) is 0 Å². The molecule has 0 bridgehead atoms. The highest BCUT2D eigenvalue weighted by molar-refractivity contribution is 7.27. The zero-order chi connectivity index (χ0) is 33.7. The van der Waals surface area contributed by atoms with Crippen molar-refractivity contribution in [3.8, 4) is 16.8 Å². The number of nitrogens with zero attached hydrogens (tertiary/aromatic N) is 2. The van der Waals surface area contributed by atoms with Gasteiger partial charge in [-0.1, -0.05) is 126 Å². The third-order valence-corrected chi connectivity index (χ3v) is 13.0. The van der Waals surface area contributed by atoms with E-state index in [1.165, 1.54) is 119 Å². The molecule has 2 aromatic heterocycles. The second-order valence-corrected chi connectivity index (χ2v) is 15.7. The molecule has 0 radical (unpaired) electrons. The van der Waals surface area contributed by atoms with Crippen LogP contribution in [-0.2, 0) is 0 Å². The van der Waals surface area contributed by atoms with E-state index in [2.05, 4.69) is 164 Å². The molecule has 51 heavy (non-hydrogen) atoms. The Balaban J connectivity index is 1.32. The lowest BCUT2D eigenvalue weighted by molar-refractivity contribution is 1.18. The first kappa shape index (κ1) is 27.9. The van der Waals surface area contributed by atoms with E-state index in [4.69, 9.17) is 0 Å². The Morgan fingerprint density at radius 3 is 2.04 bits per heavy atom. The number of rotatable bonds is 1. The molecule has 4 heterocycles. The van der Waals surface area contributed by atoms with Crippen LogP contribution in [0, 0.1) is 20.8 Å². The molecule has 0 spiro atoms. The maximum atomic E-state index is 2.70. The lowest BCUT2D eigenvalue weighted by Crippen LogP contribution is -2.60. The summed E-state index contributed by atoms with van der Waals surface area (Å²) in [5, 5.41) is 10.6. The van der Waals surface area contributed by atoms with Crippen molar-refractivity contribution in [3.63, 3.8) is 0 Å². The minimum atomic E-state index is 0.00355. The van der Waals surface area contributed by atoms with Gasteiger partial charge in [0, 0.05) is 48.6 Å². The number of thiophene rings is 1. The minimum Gasteiger partial charge on any atom is -0.375 e. The molecule has 0 atom stereocenters. The molecule has 0 fully saturated rings. The Labute approximate surface area is 299 Å². The van der Waals surface area contributed by atoms with Gasteiger partial charge in [-0.2, -0.15) is 0 Å². The highest BCUT2D eigenvalue weighted by atomic mass is 32.1. The van der Waals surface area contributed by atoms with Crippen molar-refractivity contribution in [3.05, 3.63) is 150 Å². The highest BCUT2D eigenvalue weighted by Gasteiger charge is 2.45. The first-order chi connectivity index (χ1) is 25.0. The molecule has 8 aromatic carbocycles. The number of fused-ring (bicyclic) bond motifs is 16. The molecule has 0 saturated carbocycles. The third-order valence-electron chi connectivity index (χ3n) is 11.8. The first-order valence-corrected chi connectivity index (χ1v) is 18.7. The maximum absolute atomic E-state index is 2.70. The number of anilines is 2. The molecule has 4 heteroatoms. The predicted molar refractivity (Wildman–Crippen MR) is 222 cm³/mol. The van der Waals surface area contributed by atoms with Crippen LogP contribution in [0.3, 0.4) is 0 Å². The summed E-state index contributed by atoms with van der Waals surface area (Å²) in [5.74, 6) is 0. The van der Waals surface area contributed by atoms with Crippen LogP contribution in [0.2, 0.25) is 0 Å². The van der Waals surface area contributed by atoms with Crippen LogP contribution in [0.15, 0.2) is 133 Å². The summed E-state index contributed by atoms with van der Waals surface area (Å²) < 4.78 is 5.34. The number of aryl methyl sites for hydroxylation is 3. The van der Waals surface area contributed by atoms with Crippen LogP contribution in [0.4, 0.5) is 11.4 Å². The average molecular weight is 667 g/mol. The van der Waals surface area contributed by atoms with Crippen LogP contribution in [-0.4, -0.2) is 11.4 Å². The highest BCUT2D eigenvalue weighted by Crippen LogP contribution is 2.52. The molecule has 0 unspecified atom stereocenters. The summed E-state index contributed by atoms with van der Waals surface area (Å²) in [6.45, 7) is 6.76. The van der Waals surface area contributed by atoms with Gasteiger partial charge in [-0.3, -0.25) is 0 Å². The van der Waals surface area contributed by atoms with Crippen molar-refractivity contribution in [1.29, 1.82) is 0 Å². The predicted octanol–water partition coefficient (Wildman–Crippen LogP) is 11.6. The summed E-state index contributed by atoms with van der Waals surface area (Å²) in [6.07, 6.45) is 0. The average Bonchev–Trinajstić information content (AvgIpc) is 3.72. The van der Waals surface area contributed by atoms with Crippen molar-refractivity contribution in [2.24, 2.45) is 0 Å². The molecule has 0 amide bonds. The van der Waals surface area contributed by atoms with E-state index in [9.17, 15) is 0 Å². The van der Waals surface area contributed by atoms with E-state index in [-0.39, 0.29) is 6.85 Å². The van der Waals surface area contributed by atoms with E-state index in [1.54, 1.807) is 0 Å². The lowest BCUT2D eigenvalue weighted by Gasteiger charge is -2.42. The monoisotopic (exact) mass is 666 g/mol. The number of benzene rings is 8. The molecule has 12 rings (SSSR count). The molecule has 2 aliphatic rings. The third kappa shape index (κ3) is 3.48. The van der Waals surface area contributed by atoms with E-state index < -0.39 is 0 Å². The van der Waals surface area contributed by atoms with E-state index >= 15 is 0 Å². The van der Waals surface area contributed by atoms with Gasteiger partial charge in [0.05, 0.1) is 21.4 Å². The van der Waals surface area contributed by atoms with Crippen molar-refractivity contribution in [2.75, 3.05) is 4.81 Å². The van der Waals surface area contributed by atoms with Crippen molar-refractivity contribution in [2.45, 2.75) is 20.8 Å². The van der Waals surface area contributed by atoms with Crippen molar-refractivity contribution >= 4 is 104 Å². The zero-order valence-electron chi connectivity index (χ0n) is 28.6. The second kappa shape index (κ2) is 9.69. The quantitative estimate of drug-likeness (QED) is 0.158. The van der Waals surface area contributed by atoms with E-state index in [0.717, 1.165) is 0 Å². The van der Waals surface area contributed by atoms with Gasteiger partial charge < -0.3 is 9.38 Å². The Kier molecular flexibility index (Phi) is 5.30. The summed E-state index contributed by atoms with van der Waals surface area (Å²) in [4.78, 5) is 2.70. The van der Waals surface area contributed by atoms with Gasteiger partial charge in [0.2, 0.25) is 0 Å². The Hall–Kier alpha value is -5.84. The van der Waals surface area contributed by atoms with Gasteiger partial charge in [-0.15, -0.1) is 11.3 Å². The zero-order valence-corrected chi connectivity index (χ0v) is 29.4. The summed E-state index contributed by atoms with van der Waals surface area (Å²) in [6, 6.07) is 50.7. The molecule has 0 N–H and O–H groups in total. The SMILES string of the molecule is Cc1ccc(N2B3c4cc(C)ccc4-n4c5c3c(cc(C)c5c3ccc5ccccc5c34)-c3ccc4c(sc5c6ccccc6ccc45)c32)cc1. The number of hydrogen-bond donors (Lipinski definition) is 0. The normalized spacial score (nSPS) is 13.3. The standard InChI is InChI=1S/C47H31BN2S/c1-26-12-17-31(18-13-26)50-44-34(21-22-36-35-19-15-30-9-5-7-11-33(30)46(35)51-47(36)44)38-25-28(3)41-37-20-16-29-8-4-6-10-32(29)43(37)49-40-23-14-27(2)24-39(40)48(50)42(38)45(41)49/h4-25H,1-3H3. The molecule has 238 valence electrons. The fourth-order valence-electron chi connectivity index (χ4n) is 9.58. The number of hydrogen-bond acceptors (Lipinski definition) is 2. The molecular weight excluding hydrogens is 635 g/mol. The Morgan fingerprint density at radius 2 is 1.22 bits per heavy atom. The molecular formula is C47H31BN2S. The maximum Gasteiger partial charge on any atom is 0.333 e. The van der Waals surface area contributed by atoms with E-state index in [1.807, 2.05) is 11.3 Å². The Morgan fingerprint density at radius 1 is 0.529 bits per heavy atom. The fourth-order valence-corrected chi connectivity index (χ4v) is 11.0. The largest absolute Gasteiger partial charge is 0.375 e. The van der Waals surface area contributed by atoms with Gasteiger partial charge in [0.25, 0.3) is 0 Å². The summed E-state index contributed by atoms with van der Waals surface area (Å²) in [5.41, 5.74) is 15.8.